The molecular formula is C24H28N2O4. The highest BCUT2D eigenvalue weighted by Gasteiger charge is 2.29. The van der Waals surface area contributed by atoms with Gasteiger partial charge in [0.1, 0.15) is 18.1 Å². The van der Waals surface area contributed by atoms with Gasteiger partial charge in [-0.05, 0) is 68.7 Å². The number of ether oxygens (including phenoxy) is 2. The number of nitrogens with zero attached hydrogens (tertiary/aromatic N) is 1. The summed E-state index contributed by atoms with van der Waals surface area (Å²) >= 11 is 0. The van der Waals surface area contributed by atoms with Gasteiger partial charge in [-0.25, -0.2) is 0 Å². The van der Waals surface area contributed by atoms with Gasteiger partial charge in [-0.1, -0.05) is 6.07 Å². The van der Waals surface area contributed by atoms with Crippen molar-refractivity contribution in [3.8, 4) is 11.5 Å². The molecule has 0 saturated heterocycles. The molecule has 6 heteroatoms. The van der Waals surface area contributed by atoms with Crippen LogP contribution in [-0.4, -0.2) is 21.7 Å². The van der Waals surface area contributed by atoms with E-state index in [0.29, 0.717) is 18.0 Å². The molecule has 3 N–H and O–H groups in total. The number of nitrogen functional groups attached to an aromatic ring is 1. The highest BCUT2D eigenvalue weighted by molar-refractivity contribution is 5.87. The number of carbonyl (C=O) groups is 1. The Morgan fingerprint density at radius 2 is 2.07 bits per heavy atom. The van der Waals surface area contributed by atoms with Crippen molar-refractivity contribution in [3.63, 3.8) is 0 Å². The molecule has 158 valence electrons. The fourth-order valence-corrected chi connectivity index (χ4v) is 4.43. The first-order valence-electron chi connectivity index (χ1n) is 10.4. The zero-order valence-electron chi connectivity index (χ0n) is 17.6. The summed E-state index contributed by atoms with van der Waals surface area (Å²) in [5, 5.41) is 10.3. The van der Waals surface area contributed by atoms with E-state index in [9.17, 15) is 9.90 Å². The number of aryl methyl sites for hydroxylation is 2. The maximum atomic E-state index is 11.2. The molecule has 1 atom stereocenters. The molecule has 0 radical (unpaired) electrons. The predicted octanol–water partition coefficient (Wildman–Crippen LogP) is 4.86. The number of carboxylic acids is 1. The van der Waals surface area contributed by atoms with Crippen molar-refractivity contribution in [1.29, 1.82) is 0 Å². The van der Waals surface area contributed by atoms with E-state index in [-0.39, 0.29) is 18.4 Å². The van der Waals surface area contributed by atoms with Crippen LogP contribution in [0.15, 0.2) is 36.4 Å². The van der Waals surface area contributed by atoms with Crippen molar-refractivity contribution in [2.45, 2.75) is 58.8 Å². The van der Waals surface area contributed by atoms with Crippen molar-refractivity contribution >= 4 is 22.6 Å². The summed E-state index contributed by atoms with van der Waals surface area (Å²) in [6.07, 6.45) is 1.14. The Kier molecular flexibility index (Phi) is 5.33. The number of rotatable bonds is 7. The van der Waals surface area contributed by atoms with Crippen LogP contribution in [0.25, 0.3) is 10.9 Å². The van der Waals surface area contributed by atoms with Crippen molar-refractivity contribution in [3.05, 3.63) is 53.2 Å². The van der Waals surface area contributed by atoms with Gasteiger partial charge in [0.05, 0.1) is 18.2 Å². The minimum atomic E-state index is -0.744. The third kappa shape index (κ3) is 3.82. The van der Waals surface area contributed by atoms with Crippen LogP contribution >= 0.6 is 0 Å². The van der Waals surface area contributed by atoms with E-state index in [4.69, 9.17) is 15.2 Å². The Balaban J connectivity index is 1.53. The SMILES string of the molecule is Cc1c2n(c3ccc(OCc4ccc(OC(C)C)c(N)c4)cc13)CCC2CC(=O)O. The van der Waals surface area contributed by atoms with Crippen LogP contribution in [0, 0.1) is 6.92 Å². The molecule has 1 aromatic heterocycles. The average molecular weight is 408 g/mol. The summed E-state index contributed by atoms with van der Waals surface area (Å²) in [5.41, 5.74) is 11.1. The smallest absolute Gasteiger partial charge is 0.304 e. The molecule has 3 aromatic rings. The number of fused-ring (bicyclic) bond motifs is 3. The van der Waals surface area contributed by atoms with E-state index in [0.717, 1.165) is 46.4 Å². The molecule has 2 aromatic carbocycles. The second-order valence-electron chi connectivity index (χ2n) is 8.25. The molecule has 1 aliphatic heterocycles. The minimum absolute atomic E-state index is 0.0727. The van der Waals surface area contributed by atoms with E-state index in [1.54, 1.807) is 0 Å². The van der Waals surface area contributed by atoms with Gasteiger partial charge < -0.3 is 24.9 Å². The number of anilines is 1. The Morgan fingerprint density at radius 1 is 1.27 bits per heavy atom. The molecule has 0 aliphatic carbocycles. The van der Waals surface area contributed by atoms with Gasteiger partial charge in [0.2, 0.25) is 0 Å². The standard InChI is InChI=1S/C24H28N2O4/c1-14(2)30-22-7-4-16(10-20(22)25)13-29-18-5-6-21-19(12-18)15(3)24-17(11-23(27)28)8-9-26(21)24/h4-7,10,12,14,17H,8-9,11,13,25H2,1-3H3,(H,27,28). The van der Waals surface area contributed by atoms with Crippen LogP contribution in [0.5, 0.6) is 11.5 Å². The van der Waals surface area contributed by atoms with Gasteiger partial charge in [-0.2, -0.15) is 0 Å². The molecule has 0 fully saturated rings. The van der Waals surface area contributed by atoms with Crippen molar-refractivity contribution in [2.75, 3.05) is 5.73 Å². The molecule has 4 rings (SSSR count). The molecule has 30 heavy (non-hydrogen) atoms. The molecule has 1 aliphatic rings. The van der Waals surface area contributed by atoms with Crippen molar-refractivity contribution in [1.82, 2.24) is 4.57 Å². The average Bonchev–Trinajstić information content (AvgIpc) is 3.21. The summed E-state index contributed by atoms with van der Waals surface area (Å²) in [5.74, 6) is 0.802. The normalized spacial score (nSPS) is 15.5. The van der Waals surface area contributed by atoms with E-state index >= 15 is 0 Å². The molecule has 0 bridgehead atoms. The van der Waals surface area contributed by atoms with Gasteiger partial charge in [-0.15, -0.1) is 0 Å². The summed E-state index contributed by atoms with van der Waals surface area (Å²) in [7, 11) is 0. The lowest BCUT2D eigenvalue weighted by Crippen LogP contribution is -2.08. The fraction of sp³-hybridized carbons (Fsp3) is 0.375. The van der Waals surface area contributed by atoms with E-state index in [1.807, 2.05) is 44.2 Å². The Bertz CT molecular complexity index is 1100. The van der Waals surface area contributed by atoms with Crippen LogP contribution in [0.1, 0.15) is 49.4 Å². The van der Waals surface area contributed by atoms with Gasteiger partial charge in [-0.3, -0.25) is 4.79 Å². The van der Waals surface area contributed by atoms with Gasteiger partial charge in [0, 0.05) is 29.1 Å². The largest absolute Gasteiger partial charge is 0.489 e. The van der Waals surface area contributed by atoms with E-state index in [1.165, 1.54) is 0 Å². The summed E-state index contributed by atoms with van der Waals surface area (Å²) < 4.78 is 14.0. The third-order valence-electron chi connectivity index (χ3n) is 5.69. The molecule has 0 saturated carbocycles. The lowest BCUT2D eigenvalue weighted by atomic mass is 9.97. The van der Waals surface area contributed by atoms with Crippen molar-refractivity contribution in [2.24, 2.45) is 0 Å². The van der Waals surface area contributed by atoms with Gasteiger partial charge in [0.25, 0.3) is 0 Å². The maximum absolute atomic E-state index is 11.2. The zero-order valence-corrected chi connectivity index (χ0v) is 17.6. The minimum Gasteiger partial charge on any atom is -0.489 e. The number of benzene rings is 2. The Morgan fingerprint density at radius 3 is 2.77 bits per heavy atom. The number of aromatic nitrogens is 1. The quantitative estimate of drug-likeness (QED) is 0.545. The van der Waals surface area contributed by atoms with Crippen LogP contribution in [-0.2, 0) is 17.9 Å². The molecule has 1 unspecified atom stereocenters. The van der Waals surface area contributed by atoms with Crippen LogP contribution in [0.4, 0.5) is 5.69 Å². The molecule has 6 nitrogen and oxygen atoms in total. The summed E-state index contributed by atoms with van der Waals surface area (Å²) in [6, 6.07) is 11.8. The van der Waals surface area contributed by atoms with Crippen LogP contribution < -0.4 is 15.2 Å². The molecule has 2 heterocycles. The number of hydrogen-bond acceptors (Lipinski definition) is 4. The van der Waals surface area contributed by atoms with Gasteiger partial charge in [0.15, 0.2) is 0 Å². The second kappa shape index (κ2) is 7.94. The lowest BCUT2D eigenvalue weighted by Gasteiger charge is -2.13. The number of carboxylic acid groups (broad SMARTS) is 1. The Labute approximate surface area is 176 Å². The Hall–Kier alpha value is -3.15. The van der Waals surface area contributed by atoms with Crippen molar-refractivity contribution < 1.29 is 19.4 Å². The molecule has 0 amide bonds. The highest BCUT2D eigenvalue weighted by atomic mass is 16.5. The first-order chi connectivity index (χ1) is 14.3. The monoisotopic (exact) mass is 408 g/mol. The number of hydrogen-bond donors (Lipinski definition) is 2. The third-order valence-corrected chi connectivity index (χ3v) is 5.69. The summed E-state index contributed by atoms with van der Waals surface area (Å²) in [6.45, 7) is 7.28. The first kappa shape index (κ1) is 20.1. The van der Waals surface area contributed by atoms with Crippen LogP contribution in [0.2, 0.25) is 0 Å². The fourth-order valence-electron chi connectivity index (χ4n) is 4.43. The van der Waals surface area contributed by atoms with E-state index in [2.05, 4.69) is 17.6 Å². The number of aliphatic carboxylic acids is 1. The molecule has 0 spiro atoms. The second-order valence-corrected chi connectivity index (χ2v) is 8.25. The number of nitrogens with two attached hydrogens (primary N) is 1. The van der Waals surface area contributed by atoms with Crippen LogP contribution in [0.3, 0.4) is 0 Å². The lowest BCUT2D eigenvalue weighted by molar-refractivity contribution is -0.137. The molecular weight excluding hydrogens is 380 g/mol. The summed E-state index contributed by atoms with van der Waals surface area (Å²) in [4.78, 5) is 11.2. The predicted molar refractivity (Wildman–Crippen MR) is 117 cm³/mol. The van der Waals surface area contributed by atoms with Gasteiger partial charge >= 0.3 is 5.97 Å². The highest BCUT2D eigenvalue weighted by Crippen LogP contribution is 2.40. The first-order valence-corrected chi connectivity index (χ1v) is 10.4. The maximum Gasteiger partial charge on any atom is 0.304 e. The zero-order chi connectivity index (χ0) is 21.4. The topological polar surface area (TPSA) is 86.7 Å². The van der Waals surface area contributed by atoms with E-state index < -0.39 is 5.97 Å².